The summed E-state index contributed by atoms with van der Waals surface area (Å²) in [6.07, 6.45) is 1.21. The lowest BCUT2D eigenvalue weighted by molar-refractivity contribution is -0.228. The monoisotopic (exact) mass is 461 g/mol. The molecule has 5 heteroatoms. The fourth-order valence-corrected chi connectivity index (χ4v) is 6.70. The molecule has 0 bridgehead atoms. The van der Waals surface area contributed by atoms with Gasteiger partial charge >= 0.3 is 5.97 Å². The lowest BCUT2D eigenvalue weighted by atomic mass is 9.80. The SMILES string of the molecule is CC1(C)CC(OC(=O)c2ccccc2)CC(C)(C)N1OP(c1ccccc1)c1ccccc1. The van der Waals surface area contributed by atoms with E-state index in [1.807, 2.05) is 30.3 Å². The van der Waals surface area contributed by atoms with Crippen molar-refractivity contribution in [2.24, 2.45) is 0 Å². The highest BCUT2D eigenvalue weighted by Crippen LogP contribution is 2.47. The lowest BCUT2D eigenvalue weighted by Gasteiger charge is -2.54. The van der Waals surface area contributed by atoms with Crippen LogP contribution in [-0.2, 0) is 9.36 Å². The second kappa shape index (κ2) is 9.77. The topological polar surface area (TPSA) is 38.8 Å². The number of piperidine rings is 1. The highest BCUT2D eigenvalue weighted by molar-refractivity contribution is 7.68. The zero-order valence-corrected chi connectivity index (χ0v) is 20.7. The molecule has 1 heterocycles. The summed E-state index contributed by atoms with van der Waals surface area (Å²) in [6, 6.07) is 30.0. The van der Waals surface area contributed by atoms with E-state index in [1.54, 1.807) is 12.1 Å². The van der Waals surface area contributed by atoms with Crippen LogP contribution in [0.5, 0.6) is 0 Å². The molecular formula is C28H32NO3P. The lowest BCUT2D eigenvalue weighted by Crippen LogP contribution is -2.61. The minimum absolute atomic E-state index is 0.178. The van der Waals surface area contributed by atoms with Gasteiger partial charge in [-0.15, -0.1) is 0 Å². The van der Waals surface area contributed by atoms with Gasteiger partial charge in [-0.2, -0.15) is 5.06 Å². The standard InChI is InChI=1S/C28H32NO3P/c1-27(2)20-23(31-26(30)22-14-8-5-9-15-22)21-28(3,4)29(27)32-33(24-16-10-6-11-17-24)25-18-12-7-13-19-25/h5-19,23H,20-21H2,1-4H3. The third-order valence-corrected chi connectivity index (χ3v) is 7.84. The van der Waals surface area contributed by atoms with E-state index in [-0.39, 0.29) is 23.2 Å². The third kappa shape index (κ3) is 5.52. The molecule has 0 amide bonds. The fourth-order valence-electron chi connectivity index (χ4n) is 4.72. The number of hydroxylamine groups is 2. The van der Waals surface area contributed by atoms with E-state index >= 15 is 0 Å². The van der Waals surface area contributed by atoms with Gasteiger partial charge in [0.1, 0.15) is 14.3 Å². The zero-order chi connectivity index (χ0) is 23.5. The molecule has 0 radical (unpaired) electrons. The number of hydrogen-bond donors (Lipinski definition) is 0. The summed E-state index contributed by atoms with van der Waals surface area (Å²) in [5, 5.41) is 4.49. The molecule has 0 unspecified atom stereocenters. The molecular weight excluding hydrogens is 429 g/mol. The Morgan fingerprint density at radius 3 is 1.64 bits per heavy atom. The normalized spacial score (nSPS) is 18.2. The summed E-state index contributed by atoms with van der Waals surface area (Å²) in [5.74, 6) is -0.266. The minimum Gasteiger partial charge on any atom is -0.459 e. The minimum atomic E-state index is -1.04. The molecule has 0 atom stereocenters. The average Bonchev–Trinajstić information content (AvgIpc) is 2.79. The molecule has 3 aromatic carbocycles. The van der Waals surface area contributed by atoms with Crippen molar-refractivity contribution in [1.29, 1.82) is 0 Å². The average molecular weight is 462 g/mol. The second-order valence-corrected chi connectivity index (χ2v) is 11.6. The Morgan fingerprint density at radius 2 is 1.18 bits per heavy atom. The number of benzene rings is 3. The molecule has 172 valence electrons. The first-order chi connectivity index (χ1) is 15.8. The van der Waals surface area contributed by atoms with Crippen LogP contribution in [0.2, 0.25) is 0 Å². The van der Waals surface area contributed by atoms with Crippen LogP contribution in [0.25, 0.3) is 0 Å². The highest BCUT2D eigenvalue weighted by atomic mass is 31.1. The van der Waals surface area contributed by atoms with Crippen LogP contribution in [0.4, 0.5) is 0 Å². The van der Waals surface area contributed by atoms with Crippen LogP contribution in [0, 0.1) is 0 Å². The van der Waals surface area contributed by atoms with E-state index in [0.717, 1.165) is 0 Å². The summed E-state index contributed by atoms with van der Waals surface area (Å²) in [7, 11) is -1.04. The van der Waals surface area contributed by atoms with Gasteiger partial charge in [0.05, 0.1) is 5.56 Å². The first kappa shape index (κ1) is 23.6. The molecule has 1 aliphatic heterocycles. The van der Waals surface area contributed by atoms with Gasteiger partial charge in [-0.05, 0) is 39.8 Å². The predicted molar refractivity (Wildman–Crippen MR) is 135 cm³/mol. The number of carbonyl (C=O) groups excluding carboxylic acids is 1. The van der Waals surface area contributed by atoms with Crippen LogP contribution in [0.1, 0.15) is 50.9 Å². The summed E-state index contributed by atoms with van der Waals surface area (Å²) in [5.41, 5.74) is -0.0652. The van der Waals surface area contributed by atoms with E-state index in [2.05, 4.69) is 81.3 Å². The summed E-state index contributed by atoms with van der Waals surface area (Å²) >= 11 is 0. The van der Waals surface area contributed by atoms with Crippen molar-refractivity contribution >= 4 is 24.7 Å². The maximum atomic E-state index is 12.7. The predicted octanol–water partition coefficient (Wildman–Crippen LogP) is 5.84. The first-order valence-corrected chi connectivity index (χ1v) is 12.7. The van der Waals surface area contributed by atoms with E-state index in [4.69, 9.17) is 9.36 Å². The summed E-state index contributed by atoms with van der Waals surface area (Å²) < 4.78 is 12.8. The molecule has 1 aliphatic rings. The van der Waals surface area contributed by atoms with Crippen molar-refractivity contribution in [3.05, 3.63) is 96.6 Å². The zero-order valence-electron chi connectivity index (χ0n) is 19.8. The molecule has 0 aliphatic carbocycles. The molecule has 0 spiro atoms. The van der Waals surface area contributed by atoms with Crippen LogP contribution in [0.3, 0.4) is 0 Å². The van der Waals surface area contributed by atoms with Gasteiger partial charge in [0.15, 0.2) is 0 Å². The Labute approximate surface area is 198 Å². The van der Waals surface area contributed by atoms with Gasteiger partial charge in [0.25, 0.3) is 0 Å². The fraction of sp³-hybridized carbons (Fsp3) is 0.321. The molecule has 0 saturated carbocycles. The van der Waals surface area contributed by atoms with Crippen molar-refractivity contribution in [2.45, 2.75) is 57.7 Å². The van der Waals surface area contributed by atoms with Crippen LogP contribution in [0.15, 0.2) is 91.0 Å². The molecule has 0 aromatic heterocycles. The largest absolute Gasteiger partial charge is 0.459 e. The van der Waals surface area contributed by atoms with Crippen molar-refractivity contribution in [1.82, 2.24) is 5.06 Å². The molecule has 3 aromatic rings. The maximum Gasteiger partial charge on any atom is 0.338 e. The van der Waals surface area contributed by atoms with Crippen LogP contribution < -0.4 is 10.6 Å². The first-order valence-electron chi connectivity index (χ1n) is 11.4. The Hall–Kier alpha value is -2.52. The molecule has 0 N–H and O–H groups in total. The van der Waals surface area contributed by atoms with Crippen molar-refractivity contribution < 1.29 is 14.2 Å². The smallest absolute Gasteiger partial charge is 0.338 e. The van der Waals surface area contributed by atoms with Gasteiger partial charge in [-0.1, -0.05) is 78.9 Å². The molecule has 33 heavy (non-hydrogen) atoms. The Bertz CT molecular complexity index is 997. The molecule has 1 saturated heterocycles. The number of esters is 1. The number of ether oxygens (including phenoxy) is 1. The van der Waals surface area contributed by atoms with Crippen molar-refractivity contribution in [3.63, 3.8) is 0 Å². The Balaban J connectivity index is 1.57. The Morgan fingerprint density at radius 1 is 0.758 bits per heavy atom. The van der Waals surface area contributed by atoms with Gasteiger partial charge in [-0.3, -0.25) is 4.62 Å². The number of nitrogens with zero attached hydrogens (tertiary/aromatic N) is 1. The number of rotatable bonds is 6. The number of carbonyl (C=O) groups is 1. The van der Waals surface area contributed by atoms with E-state index in [0.29, 0.717) is 18.4 Å². The summed E-state index contributed by atoms with van der Waals surface area (Å²) in [4.78, 5) is 12.7. The maximum absolute atomic E-state index is 12.7. The molecule has 4 nitrogen and oxygen atoms in total. The van der Waals surface area contributed by atoms with Crippen LogP contribution in [-0.4, -0.2) is 28.2 Å². The molecule has 1 fully saturated rings. The van der Waals surface area contributed by atoms with Gasteiger partial charge in [0.2, 0.25) is 0 Å². The van der Waals surface area contributed by atoms with E-state index in [9.17, 15) is 4.79 Å². The van der Waals surface area contributed by atoms with Crippen molar-refractivity contribution in [3.8, 4) is 0 Å². The van der Waals surface area contributed by atoms with Crippen LogP contribution >= 0.6 is 8.15 Å². The Kier molecular flexibility index (Phi) is 6.99. The third-order valence-electron chi connectivity index (χ3n) is 5.98. The highest BCUT2D eigenvalue weighted by Gasteiger charge is 2.49. The summed E-state index contributed by atoms with van der Waals surface area (Å²) in [6.45, 7) is 8.67. The van der Waals surface area contributed by atoms with E-state index in [1.165, 1.54) is 10.6 Å². The molecule has 4 rings (SSSR count). The van der Waals surface area contributed by atoms with Gasteiger partial charge in [-0.25, -0.2) is 4.79 Å². The second-order valence-electron chi connectivity index (χ2n) is 9.77. The van der Waals surface area contributed by atoms with Gasteiger partial charge < -0.3 is 4.74 Å². The quantitative estimate of drug-likeness (QED) is 0.341. The van der Waals surface area contributed by atoms with E-state index < -0.39 is 8.15 Å². The number of hydrogen-bond acceptors (Lipinski definition) is 4. The van der Waals surface area contributed by atoms with Crippen molar-refractivity contribution in [2.75, 3.05) is 0 Å². The van der Waals surface area contributed by atoms with Gasteiger partial charge in [0, 0.05) is 34.5 Å².